The van der Waals surface area contributed by atoms with Crippen LogP contribution in [0.15, 0.2) is 0 Å². The summed E-state index contributed by atoms with van der Waals surface area (Å²) in [4.78, 5) is 10.7. The van der Waals surface area contributed by atoms with Gasteiger partial charge in [-0.2, -0.15) is 0 Å². The number of hydrogen-bond donors (Lipinski definition) is 0. The molecule has 1 rings (SSSR count). The van der Waals surface area contributed by atoms with Gasteiger partial charge in [0.15, 0.2) is 0 Å². The van der Waals surface area contributed by atoms with Crippen molar-refractivity contribution in [3.63, 3.8) is 0 Å². The van der Waals surface area contributed by atoms with Crippen LogP contribution in [0.3, 0.4) is 0 Å². The SMILES string of the molecule is CCOC(=O)[C@@H]1[C@@H]([B-](F)(F)F)C1(F)F.[K+]. The average molecular weight is 256 g/mol. The fourth-order valence-corrected chi connectivity index (χ4v) is 1.36. The van der Waals surface area contributed by atoms with Gasteiger partial charge in [0, 0.05) is 5.82 Å². The van der Waals surface area contributed by atoms with E-state index in [4.69, 9.17) is 0 Å². The molecule has 0 aromatic carbocycles. The van der Waals surface area contributed by atoms with Crippen LogP contribution in [0.4, 0.5) is 21.7 Å². The maximum atomic E-state index is 12.5. The number of halogens is 5. The summed E-state index contributed by atoms with van der Waals surface area (Å²) in [5.74, 6) is -10.6. The van der Waals surface area contributed by atoms with Crippen molar-refractivity contribution in [2.45, 2.75) is 18.7 Å². The quantitative estimate of drug-likeness (QED) is 0.369. The zero-order valence-electron chi connectivity index (χ0n) is 8.15. The molecular weight excluding hydrogens is 249 g/mol. The van der Waals surface area contributed by atoms with Gasteiger partial charge in [0.2, 0.25) is 5.92 Å². The van der Waals surface area contributed by atoms with E-state index < -0.39 is 30.6 Å². The third-order valence-corrected chi connectivity index (χ3v) is 2.06. The van der Waals surface area contributed by atoms with Crippen LogP contribution in [0.1, 0.15) is 6.92 Å². The van der Waals surface area contributed by atoms with Crippen LogP contribution in [0.2, 0.25) is 5.82 Å². The number of ether oxygens (including phenoxy) is 1. The zero-order chi connectivity index (χ0) is 11.1. The predicted molar refractivity (Wildman–Crippen MR) is 37.9 cm³/mol. The third-order valence-electron chi connectivity index (χ3n) is 2.06. The second-order valence-corrected chi connectivity index (χ2v) is 3.06. The van der Waals surface area contributed by atoms with Crippen molar-refractivity contribution in [2.24, 2.45) is 5.92 Å². The first kappa shape index (κ1) is 15.8. The molecule has 0 bridgehead atoms. The molecule has 0 heterocycles. The minimum atomic E-state index is -5.69. The molecule has 82 valence electrons. The van der Waals surface area contributed by atoms with Crippen molar-refractivity contribution in [1.29, 1.82) is 0 Å². The Hall–Kier alpha value is 0.821. The summed E-state index contributed by atoms with van der Waals surface area (Å²) in [5.41, 5.74) is 0. The molecule has 15 heavy (non-hydrogen) atoms. The molecule has 0 amide bonds. The number of carbonyl (C=O) groups excluding carboxylic acids is 1. The van der Waals surface area contributed by atoms with E-state index in [0.717, 1.165) is 0 Å². The summed E-state index contributed by atoms with van der Waals surface area (Å²) in [6, 6.07) is 0. The second-order valence-electron chi connectivity index (χ2n) is 3.06. The van der Waals surface area contributed by atoms with Crippen LogP contribution in [-0.2, 0) is 9.53 Å². The monoisotopic (exact) mass is 256 g/mol. The topological polar surface area (TPSA) is 26.3 Å². The summed E-state index contributed by atoms with van der Waals surface area (Å²) in [5, 5.41) is 0. The van der Waals surface area contributed by atoms with E-state index in [1.54, 1.807) is 0 Å². The Morgan fingerprint density at radius 2 is 1.87 bits per heavy atom. The molecule has 0 aromatic rings. The number of alkyl halides is 2. The van der Waals surface area contributed by atoms with Gasteiger partial charge in [0.1, 0.15) is 5.92 Å². The maximum absolute atomic E-state index is 12.5. The van der Waals surface area contributed by atoms with Gasteiger partial charge in [-0.25, -0.2) is 8.78 Å². The number of rotatable bonds is 3. The Balaban J connectivity index is 0.00000196. The Kier molecular flexibility index (Phi) is 5.26. The van der Waals surface area contributed by atoms with Gasteiger partial charge < -0.3 is 17.7 Å². The summed E-state index contributed by atoms with van der Waals surface area (Å²) < 4.78 is 65.1. The number of carbonyl (C=O) groups is 1. The van der Waals surface area contributed by atoms with Crippen molar-refractivity contribution >= 4 is 12.9 Å². The molecule has 1 fully saturated rings. The standard InChI is InChI=1S/C6H7BF5O2.K/c1-2-14-5(13)3-4(6(3,8)9)7(10,11)12;/h3-4H,2H2,1H3;/q-1;+1/t3-,4+;/m0./s1. The molecule has 2 nitrogen and oxygen atoms in total. The smallest absolute Gasteiger partial charge is 0.466 e. The molecule has 0 aliphatic heterocycles. The van der Waals surface area contributed by atoms with Crippen molar-refractivity contribution < 1.29 is 82.6 Å². The average Bonchev–Trinajstić information content (AvgIpc) is 2.53. The number of hydrogen-bond acceptors (Lipinski definition) is 2. The first-order valence-corrected chi connectivity index (χ1v) is 3.97. The summed E-state index contributed by atoms with van der Waals surface area (Å²) in [6.07, 6.45) is 0. The van der Waals surface area contributed by atoms with Crippen LogP contribution in [0.5, 0.6) is 0 Å². The normalized spacial score (nSPS) is 27.9. The molecule has 9 heteroatoms. The minimum Gasteiger partial charge on any atom is -0.466 e. The van der Waals surface area contributed by atoms with E-state index in [9.17, 15) is 26.5 Å². The van der Waals surface area contributed by atoms with Gasteiger partial charge in [-0.05, 0) is 6.92 Å². The van der Waals surface area contributed by atoms with Gasteiger partial charge >= 0.3 is 64.3 Å². The van der Waals surface area contributed by atoms with E-state index in [1.807, 2.05) is 0 Å². The molecule has 0 aromatic heterocycles. The van der Waals surface area contributed by atoms with Gasteiger partial charge in [-0.3, -0.25) is 4.79 Å². The van der Waals surface area contributed by atoms with Crippen LogP contribution in [-0.4, -0.2) is 25.5 Å². The third kappa shape index (κ3) is 3.15. The van der Waals surface area contributed by atoms with Crippen molar-refractivity contribution in [3.05, 3.63) is 0 Å². The Morgan fingerprint density at radius 1 is 1.40 bits per heavy atom. The minimum absolute atomic E-state index is 0. The first-order valence-electron chi connectivity index (χ1n) is 3.97. The van der Waals surface area contributed by atoms with Crippen molar-refractivity contribution in [2.75, 3.05) is 6.61 Å². The molecular formula is C6H7BF5KO2. The fraction of sp³-hybridized carbons (Fsp3) is 0.833. The molecule has 0 radical (unpaired) electrons. The largest absolute Gasteiger partial charge is 1.00 e. The van der Waals surface area contributed by atoms with Crippen LogP contribution < -0.4 is 51.4 Å². The number of esters is 1. The fourth-order valence-electron chi connectivity index (χ4n) is 1.36. The van der Waals surface area contributed by atoms with E-state index in [-0.39, 0.29) is 58.0 Å². The van der Waals surface area contributed by atoms with Gasteiger partial charge in [0.25, 0.3) is 0 Å². The van der Waals surface area contributed by atoms with Crippen molar-refractivity contribution in [1.82, 2.24) is 0 Å². The van der Waals surface area contributed by atoms with E-state index in [1.165, 1.54) is 6.92 Å². The van der Waals surface area contributed by atoms with Gasteiger partial charge in [-0.1, -0.05) is 0 Å². The van der Waals surface area contributed by atoms with Crippen LogP contribution >= 0.6 is 0 Å². The molecule has 0 unspecified atom stereocenters. The summed E-state index contributed by atoms with van der Waals surface area (Å²) >= 11 is 0. The Bertz CT molecular complexity index is 256. The molecule has 0 N–H and O–H groups in total. The Labute approximate surface area is 125 Å². The van der Waals surface area contributed by atoms with E-state index >= 15 is 0 Å². The summed E-state index contributed by atoms with van der Waals surface area (Å²) in [7, 11) is 0. The predicted octanol–water partition coefficient (Wildman–Crippen LogP) is -0.964. The maximum Gasteiger partial charge on any atom is 1.00 e. The van der Waals surface area contributed by atoms with E-state index in [0.29, 0.717) is 0 Å². The Morgan fingerprint density at radius 3 is 2.13 bits per heavy atom. The van der Waals surface area contributed by atoms with Crippen molar-refractivity contribution in [3.8, 4) is 0 Å². The molecule has 2 atom stereocenters. The molecule has 1 aliphatic carbocycles. The second kappa shape index (κ2) is 4.99. The molecule has 0 spiro atoms. The first-order chi connectivity index (χ1) is 6.23. The zero-order valence-corrected chi connectivity index (χ0v) is 11.3. The van der Waals surface area contributed by atoms with Crippen LogP contribution in [0, 0.1) is 5.92 Å². The van der Waals surface area contributed by atoms with Gasteiger partial charge in [-0.15, -0.1) is 0 Å². The van der Waals surface area contributed by atoms with E-state index in [2.05, 4.69) is 4.74 Å². The van der Waals surface area contributed by atoms with Gasteiger partial charge in [0.05, 0.1) is 6.61 Å². The van der Waals surface area contributed by atoms with Crippen LogP contribution in [0.25, 0.3) is 0 Å². The molecule has 0 saturated heterocycles. The molecule has 1 aliphatic rings. The summed E-state index contributed by atoms with van der Waals surface area (Å²) in [6.45, 7) is -4.56. The molecule has 1 saturated carbocycles.